The van der Waals surface area contributed by atoms with Gasteiger partial charge in [-0.2, -0.15) is 13.2 Å². The van der Waals surface area contributed by atoms with Crippen molar-refractivity contribution in [3.05, 3.63) is 17.6 Å². The van der Waals surface area contributed by atoms with E-state index in [9.17, 15) is 13.2 Å². The maximum absolute atomic E-state index is 12.0. The first kappa shape index (κ1) is 9.76. The van der Waals surface area contributed by atoms with Crippen molar-refractivity contribution in [3.8, 4) is 0 Å². The van der Waals surface area contributed by atoms with Crippen molar-refractivity contribution in [3.63, 3.8) is 0 Å². The van der Waals surface area contributed by atoms with Gasteiger partial charge in [-0.05, 0) is 6.42 Å². The molecule has 6 heteroatoms. The van der Waals surface area contributed by atoms with Crippen LogP contribution < -0.4 is 5.73 Å². The molecule has 0 saturated heterocycles. The van der Waals surface area contributed by atoms with Gasteiger partial charge in [0.05, 0.1) is 11.9 Å². The summed E-state index contributed by atoms with van der Waals surface area (Å²) < 4.78 is 36.1. The highest BCUT2D eigenvalue weighted by molar-refractivity contribution is 5.34. The Morgan fingerprint density at radius 2 is 2.08 bits per heavy atom. The van der Waals surface area contributed by atoms with Gasteiger partial charge in [0.1, 0.15) is 5.82 Å². The lowest BCUT2D eigenvalue weighted by molar-refractivity contribution is -0.141. The van der Waals surface area contributed by atoms with E-state index in [-0.39, 0.29) is 5.82 Å². The summed E-state index contributed by atoms with van der Waals surface area (Å²) in [6, 6.07) is 0. The van der Waals surface area contributed by atoms with Crippen molar-refractivity contribution in [1.82, 2.24) is 9.97 Å². The van der Waals surface area contributed by atoms with Crippen LogP contribution in [0.2, 0.25) is 0 Å². The van der Waals surface area contributed by atoms with Gasteiger partial charge in [-0.25, -0.2) is 4.98 Å². The van der Waals surface area contributed by atoms with E-state index in [0.29, 0.717) is 18.3 Å². The molecule has 13 heavy (non-hydrogen) atoms. The molecular weight excluding hydrogens is 183 g/mol. The summed E-state index contributed by atoms with van der Waals surface area (Å²) in [6.07, 6.45) is -3.32. The average molecular weight is 191 g/mol. The Labute approximate surface area is 72.8 Å². The molecule has 1 aromatic heterocycles. The Hall–Kier alpha value is -1.33. The van der Waals surface area contributed by atoms with Gasteiger partial charge in [0.15, 0.2) is 5.69 Å². The number of hydrogen-bond donors (Lipinski definition) is 1. The molecule has 0 atom stereocenters. The van der Waals surface area contributed by atoms with E-state index in [1.807, 2.05) is 0 Å². The van der Waals surface area contributed by atoms with E-state index < -0.39 is 11.9 Å². The minimum Gasteiger partial charge on any atom is -0.382 e. The Balaban J connectivity index is 3.10. The lowest BCUT2D eigenvalue weighted by Gasteiger charge is -2.07. The fourth-order valence-electron chi connectivity index (χ4n) is 0.837. The number of anilines is 1. The molecule has 72 valence electrons. The van der Waals surface area contributed by atoms with Gasteiger partial charge in [-0.1, -0.05) is 6.92 Å². The molecule has 0 saturated carbocycles. The van der Waals surface area contributed by atoms with Crippen LogP contribution in [-0.2, 0) is 12.6 Å². The molecule has 0 spiro atoms. The zero-order valence-electron chi connectivity index (χ0n) is 6.89. The topological polar surface area (TPSA) is 51.8 Å². The molecule has 0 bridgehead atoms. The van der Waals surface area contributed by atoms with E-state index in [0.717, 1.165) is 0 Å². The highest BCUT2D eigenvalue weighted by Gasteiger charge is 2.33. The third kappa shape index (κ3) is 2.07. The summed E-state index contributed by atoms with van der Waals surface area (Å²) in [5.41, 5.74) is 4.58. The zero-order valence-corrected chi connectivity index (χ0v) is 6.89. The highest BCUT2D eigenvalue weighted by Crippen LogP contribution is 2.27. The monoisotopic (exact) mass is 191 g/mol. The molecular formula is C7H8F3N3. The summed E-state index contributed by atoms with van der Waals surface area (Å²) in [5, 5.41) is 0. The highest BCUT2D eigenvalue weighted by atomic mass is 19.4. The number of nitrogens with two attached hydrogens (primary N) is 1. The van der Waals surface area contributed by atoms with Crippen molar-refractivity contribution in [2.24, 2.45) is 0 Å². The van der Waals surface area contributed by atoms with Crippen LogP contribution in [0, 0.1) is 0 Å². The van der Waals surface area contributed by atoms with Gasteiger partial charge in [-0.15, -0.1) is 0 Å². The molecule has 1 heterocycles. The van der Waals surface area contributed by atoms with Crippen LogP contribution >= 0.6 is 0 Å². The third-order valence-corrected chi connectivity index (χ3v) is 1.50. The van der Waals surface area contributed by atoms with Crippen LogP contribution in [0.15, 0.2) is 6.20 Å². The molecule has 0 radical (unpaired) electrons. The molecule has 0 fully saturated rings. The lowest BCUT2D eigenvalue weighted by atomic mass is 10.3. The van der Waals surface area contributed by atoms with Gasteiger partial charge >= 0.3 is 6.18 Å². The van der Waals surface area contributed by atoms with E-state index in [2.05, 4.69) is 9.97 Å². The normalized spacial score (nSPS) is 11.7. The van der Waals surface area contributed by atoms with Crippen LogP contribution in [0.3, 0.4) is 0 Å². The number of rotatable bonds is 1. The van der Waals surface area contributed by atoms with E-state index in [1.54, 1.807) is 6.92 Å². The Kier molecular flexibility index (Phi) is 2.40. The standard InChI is InChI=1S/C7H8F3N3/c1-2-4-6(11)13-5(3-12-4)7(8,9)10/h3H,2H2,1H3,(H2,11,13). The van der Waals surface area contributed by atoms with Crippen molar-refractivity contribution < 1.29 is 13.2 Å². The predicted molar refractivity (Wildman–Crippen MR) is 40.8 cm³/mol. The molecule has 0 unspecified atom stereocenters. The first-order valence-electron chi connectivity index (χ1n) is 3.63. The lowest BCUT2D eigenvalue weighted by Crippen LogP contribution is -2.12. The van der Waals surface area contributed by atoms with Crippen LogP contribution in [0.25, 0.3) is 0 Å². The van der Waals surface area contributed by atoms with Gasteiger partial charge in [0.2, 0.25) is 0 Å². The summed E-state index contributed by atoms with van der Waals surface area (Å²) in [4.78, 5) is 6.76. The maximum atomic E-state index is 12.0. The van der Waals surface area contributed by atoms with E-state index >= 15 is 0 Å². The first-order valence-corrected chi connectivity index (χ1v) is 3.63. The van der Waals surface area contributed by atoms with Gasteiger partial charge in [0, 0.05) is 0 Å². The molecule has 1 aromatic rings. The molecule has 2 N–H and O–H groups in total. The molecule has 0 aliphatic carbocycles. The molecule has 0 amide bonds. The Morgan fingerprint density at radius 3 is 2.46 bits per heavy atom. The summed E-state index contributed by atoms with van der Waals surface area (Å²) in [7, 11) is 0. The van der Waals surface area contributed by atoms with Crippen LogP contribution in [0.1, 0.15) is 18.3 Å². The zero-order chi connectivity index (χ0) is 10.1. The van der Waals surface area contributed by atoms with Gasteiger partial charge < -0.3 is 5.73 Å². The molecule has 3 nitrogen and oxygen atoms in total. The second kappa shape index (κ2) is 3.20. The first-order chi connectivity index (χ1) is 5.95. The Bertz CT molecular complexity index is 308. The fraction of sp³-hybridized carbons (Fsp3) is 0.429. The van der Waals surface area contributed by atoms with Crippen molar-refractivity contribution >= 4 is 5.82 Å². The fourth-order valence-corrected chi connectivity index (χ4v) is 0.837. The summed E-state index contributed by atoms with van der Waals surface area (Å²) >= 11 is 0. The number of alkyl halides is 3. The summed E-state index contributed by atoms with van der Waals surface area (Å²) in [5.74, 6) is -0.155. The number of nitrogen functional groups attached to an aromatic ring is 1. The quantitative estimate of drug-likeness (QED) is 0.734. The SMILES string of the molecule is CCc1ncc(C(F)(F)F)nc1N. The van der Waals surface area contributed by atoms with Crippen LogP contribution in [0.4, 0.5) is 19.0 Å². The Morgan fingerprint density at radius 1 is 1.46 bits per heavy atom. The molecule has 0 aliphatic rings. The van der Waals surface area contributed by atoms with Crippen molar-refractivity contribution in [2.75, 3.05) is 5.73 Å². The second-order valence-corrected chi connectivity index (χ2v) is 2.44. The average Bonchev–Trinajstić information content (AvgIpc) is 2.02. The van der Waals surface area contributed by atoms with Gasteiger partial charge in [0.25, 0.3) is 0 Å². The largest absolute Gasteiger partial charge is 0.434 e. The molecule has 0 aliphatic heterocycles. The molecule has 1 rings (SSSR count). The number of aromatic nitrogens is 2. The smallest absolute Gasteiger partial charge is 0.382 e. The summed E-state index contributed by atoms with van der Waals surface area (Å²) in [6.45, 7) is 1.74. The van der Waals surface area contributed by atoms with E-state index in [1.165, 1.54) is 0 Å². The molecule has 0 aromatic carbocycles. The van der Waals surface area contributed by atoms with Crippen LogP contribution in [0.5, 0.6) is 0 Å². The number of aryl methyl sites for hydroxylation is 1. The van der Waals surface area contributed by atoms with Crippen molar-refractivity contribution in [2.45, 2.75) is 19.5 Å². The van der Waals surface area contributed by atoms with Crippen LogP contribution in [-0.4, -0.2) is 9.97 Å². The van der Waals surface area contributed by atoms with Crippen molar-refractivity contribution in [1.29, 1.82) is 0 Å². The number of nitrogens with zero attached hydrogens (tertiary/aromatic N) is 2. The minimum atomic E-state index is -4.48. The number of halogens is 3. The van der Waals surface area contributed by atoms with E-state index in [4.69, 9.17) is 5.73 Å². The predicted octanol–water partition coefficient (Wildman–Crippen LogP) is 1.64. The number of hydrogen-bond acceptors (Lipinski definition) is 3. The maximum Gasteiger partial charge on any atom is 0.434 e. The van der Waals surface area contributed by atoms with Gasteiger partial charge in [-0.3, -0.25) is 4.98 Å². The second-order valence-electron chi connectivity index (χ2n) is 2.44. The minimum absolute atomic E-state index is 0.155. The third-order valence-electron chi connectivity index (χ3n) is 1.50.